The van der Waals surface area contributed by atoms with Crippen LogP contribution in [0.3, 0.4) is 0 Å². The summed E-state index contributed by atoms with van der Waals surface area (Å²) in [6.07, 6.45) is 1.06. The molecule has 3 aromatic heterocycles. The number of halogens is 1. The molecular weight excluding hydrogens is 239 g/mol. The van der Waals surface area contributed by atoms with Gasteiger partial charge in [-0.3, -0.25) is 9.78 Å². The van der Waals surface area contributed by atoms with Gasteiger partial charge in [-0.25, -0.2) is 14.4 Å². The minimum Gasteiger partial charge on any atom is -0.369 e. The molecule has 8 heteroatoms. The topological polar surface area (TPSA) is 113 Å². The number of hydrogen-bond acceptors (Lipinski definition) is 5. The van der Waals surface area contributed by atoms with Crippen molar-refractivity contribution in [3.8, 4) is 11.5 Å². The summed E-state index contributed by atoms with van der Waals surface area (Å²) in [6.45, 7) is 0. The lowest BCUT2D eigenvalue weighted by atomic mass is 10.3. The Kier molecular flexibility index (Phi) is 2.09. The first-order valence-electron chi connectivity index (χ1n) is 5.01. The molecule has 0 aliphatic rings. The lowest BCUT2D eigenvalue weighted by molar-refractivity contribution is 0.621. The van der Waals surface area contributed by atoms with Gasteiger partial charge in [-0.1, -0.05) is 0 Å². The minimum atomic E-state index is -0.449. The van der Waals surface area contributed by atoms with Crippen molar-refractivity contribution in [3.63, 3.8) is 0 Å². The van der Waals surface area contributed by atoms with Crippen LogP contribution in [0, 0.1) is 5.82 Å². The molecule has 3 heterocycles. The maximum atomic E-state index is 12.7. The summed E-state index contributed by atoms with van der Waals surface area (Å²) in [7, 11) is 0. The number of nitrogens with two attached hydrogens (primary N) is 1. The van der Waals surface area contributed by atoms with Crippen molar-refractivity contribution in [2.24, 2.45) is 0 Å². The van der Waals surface area contributed by atoms with Gasteiger partial charge < -0.3 is 10.7 Å². The first kappa shape index (κ1) is 10.4. The van der Waals surface area contributed by atoms with E-state index in [-0.39, 0.29) is 17.1 Å². The summed E-state index contributed by atoms with van der Waals surface area (Å²) >= 11 is 0. The summed E-state index contributed by atoms with van der Waals surface area (Å²) < 4.78 is 12.7. The fourth-order valence-electron chi connectivity index (χ4n) is 1.56. The molecule has 0 radical (unpaired) electrons. The molecule has 0 amide bonds. The van der Waals surface area contributed by atoms with Crippen molar-refractivity contribution in [3.05, 3.63) is 34.5 Å². The van der Waals surface area contributed by atoms with E-state index >= 15 is 0 Å². The summed E-state index contributed by atoms with van der Waals surface area (Å²) in [6, 6.07) is 2.70. The van der Waals surface area contributed by atoms with E-state index in [0.717, 1.165) is 6.20 Å². The Morgan fingerprint density at radius 2 is 2.06 bits per heavy atom. The third-order valence-electron chi connectivity index (χ3n) is 2.35. The molecule has 4 N–H and O–H groups in total. The molecule has 0 bridgehead atoms. The molecule has 0 unspecified atom stereocenters. The van der Waals surface area contributed by atoms with Gasteiger partial charge in [0.05, 0.1) is 6.20 Å². The number of fused-ring (bicyclic) bond motifs is 1. The van der Waals surface area contributed by atoms with Crippen molar-refractivity contribution in [1.82, 2.24) is 24.9 Å². The maximum Gasteiger partial charge on any atom is 0.278 e. The van der Waals surface area contributed by atoms with Gasteiger partial charge in [0.25, 0.3) is 5.56 Å². The number of nitrogens with one attached hydrogen (secondary N) is 2. The van der Waals surface area contributed by atoms with E-state index in [1.54, 1.807) is 0 Å². The van der Waals surface area contributed by atoms with Gasteiger partial charge in [0.2, 0.25) is 5.95 Å². The first-order chi connectivity index (χ1) is 8.63. The molecule has 18 heavy (non-hydrogen) atoms. The van der Waals surface area contributed by atoms with E-state index in [9.17, 15) is 9.18 Å². The number of nitrogen functional groups attached to an aromatic ring is 1. The number of hydrogen-bond donors (Lipinski definition) is 3. The maximum absolute atomic E-state index is 12.7. The highest BCUT2D eigenvalue weighted by molar-refractivity contribution is 5.74. The highest BCUT2D eigenvalue weighted by Crippen LogP contribution is 2.15. The van der Waals surface area contributed by atoms with Crippen LogP contribution in [0.2, 0.25) is 0 Å². The average Bonchev–Trinajstić information content (AvgIpc) is 2.74. The Morgan fingerprint density at radius 1 is 1.22 bits per heavy atom. The summed E-state index contributed by atoms with van der Waals surface area (Å²) in [5.74, 6) is -0.138. The van der Waals surface area contributed by atoms with Gasteiger partial charge in [0.15, 0.2) is 17.0 Å². The van der Waals surface area contributed by atoms with Crippen LogP contribution in [-0.4, -0.2) is 24.9 Å². The second-order valence-electron chi connectivity index (χ2n) is 3.60. The fraction of sp³-hybridized carbons (Fsp3) is 0. The molecule has 0 saturated carbocycles. The predicted octanol–water partition coefficient (Wildman–Crippen LogP) is 0.429. The van der Waals surface area contributed by atoms with Gasteiger partial charge >= 0.3 is 0 Å². The fourth-order valence-corrected chi connectivity index (χ4v) is 1.56. The van der Waals surface area contributed by atoms with E-state index < -0.39 is 11.4 Å². The number of rotatable bonds is 1. The number of nitrogens with zero attached hydrogens (tertiary/aromatic N) is 3. The standard InChI is InChI=1S/C10H7FN6O/c11-4-1-2-5(13-3-4)7-14-6-8(15-7)16-10(12)17-9(6)18/h1-3H,(H4,12,14,15,16,17,18). The van der Waals surface area contributed by atoms with Crippen LogP contribution < -0.4 is 11.3 Å². The van der Waals surface area contributed by atoms with Crippen molar-refractivity contribution < 1.29 is 4.39 Å². The molecular formula is C10H7FN6O. The minimum absolute atomic E-state index is 0.0161. The van der Waals surface area contributed by atoms with Crippen LogP contribution in [0.4, 0.5) is 10.3 Å². The average molecular weight is 246 g/mol. The Labute approximate surface area is 98.9 Å². The highest BCUT2D eigenvalue weighted by Gasteiger charge is 2.10. The van der Waals surface area contributed by atoms with E-state index in [4.69, 9.17) is 5.73 Å². The summed E-state index contributed by atoms with van der Waals surface area (Å²) in [5.41, 5.74) is 5.79. The summed E-state index contributed by atoms with van der Waals surface area (Å²) in [5, 5.41) is 0. The molecule has 0 atom stereocenters. The molecule has 90 valence electrons. The Hall–Kier alpha value is -2.77. The van der Waals surface area contributed by atoms with Gasteiger partial charge in [0, 0.05) is 0 Å². The van der Waals surface area contributed by atoms with Gasteiger partial charge in [-0.15, -0.1) is 0 Å². The van der Waals surface area contributed by atoms with Crippen molar-refractivity contribution in [1.29, 1.82) is 0 Å². The molecule has 0 aliphatic heterocycles. The number of pyridine rings is 1. The lowest BCUT2D eigenvalue weighted by Crippen LogP contribution is -2.10. The molecule has 0 spiro atoms. The number of anilines is 1. The van der Waals surface area contributed by atoms with Crippen molar-refractivity contribution >= 4 is 17.1 Å². The van der Waals surface area contributed by atoms with Gasteiger partial charge in [-0.05, 0) is 12.1 Å². The lowest BCUT2D eigenvalue weighted by Gasteiger charge is -1.93. The molecule has 0 fully saturated rings. The van der Waals surface area contributed by atoms with E-state index in [1.165, 1.54) is 12.1 Å². The van der Waals surface area contributed by atoms with Crippen LogP contribution in [-0.2, 0) is 0 Å². The monoisotopic (exact) mass is 246 g/mol. The molecule has 0 aliphatic carbocycles. The zero-order valence-corrected chi connectivity index (χ0v) is 8.94. The van der Waals surface area contributed by atoms with E-state index in [2.05, 4.69) is 24.9 Å². The number of H-pyrrole nitrogens is 2. The highest BCUT2D eigenvalue weighted by atomic mass is 19.1. The van der Waals surface area contributed by atoms with Crippen LogP contribution in [0.25, 0.3) is 22.7 Å². The van der Waals surface area contributed by atoms with E-state index in [1.807, 2.05) is 0 Å². The Bertz CT molecular complexity index is 775. The number of aromatic amines is 2. The zero-order valence-electron chi connectivity index (χ0n) is 8.94. The third kappa shape index (κ3) is 1.59. The predicted molar refractivity (Wildman–Crippen MR) is 62.1 cm³/mol. The quantitative estimate of drug-likeness (QED) is 0.576. The second-order valence-corrected chi connectivity index (χ2v) is 3.60. The van der Waals surface area contributed by atoms with Gasteiger partial charge in [-0.2, -0.15) is 4.98 Å². The third-order valence-corrected chi connectivity index (χ3v) is 2.35. The smallest absolute Gasteiger partial charge is 0.278 e. The number of aromatic nitrogens is 5. The van der Waals surface area contributed by atoms with E-state index in [0.29, 0.717) is 11.5 Å². The summed E-state index contributed by atoms with van der Waals surface area (Å²) in [4.78, 5) is 28.5. The second kappa shape index (κ2) is 3.62. The Balaban J connectivity index is 2.22. The van der Waals surface area contributed by atoms with Crippen molar-refractivity contribution in [2.45, 2.75) is 0 Å². The van der Waals surface area contributed by atoms with Crippen LogP contribution in [0.1, 0.15) is 0 Å². The zero-order chi connectivity index (χ0) is 12.7. The van der Waals surface area contributed by atoms with Crippen LogP contribution >= 0.6 is 0 Å². The number of imidazole rings is 1. The Morgan fingerprint density at radius 3 is 2.78 bits per heavy atom. The van der Waals surface area contributed by atoms with Gasteiger partial charge in [0.1, 0.15) is 11.5 Å². The first-order valence-corrected chi connectivity index (χ1v) is 5.01. The normalized spacial score (nSPS) is 10.9. The molecule has 0 saturated heterocycles. The molecule has 0 aromatic carbocycles. The van der Waals surface area contributed by atoms with Crippen molar-refractivity contribution in [2.75, 3.05) is 5.73 Å². The molecule has 7 nitrogen and oxygen atoms in total. The largest absolute Gasteiger partial charge is 0.369 e. The van der Waals surface area contributed by atoms with Crippen LogP contribution in [0.5, 0.6) is 0 Å². The van der Waals surface area contributed by atoms with Crippen LogP contribution in [0.15, 0.2) is 23.1 Å². The molecule has 3 aromatic rings. The molecule has 3 rings (SSSR count). The SMILES string of the molecule is Nc1nc2nc(-c3ccc(F)cn3)[nH]c2c(=O)[nH]1.